The van der Waals surface area contributed by atoms with Gasteiger partial charge in [-0.2, -0.15) is 5.21 Å². The number of ether oxygens (including phenoxy) is 1. The topological polar surface area (TPSA) is 102 Å². The molecule has 0 atom stereocenters. The Kier molecular flexibility index (Phi) is 2.86. The fourth-order valence-electron chi connectivity index (χ4n) is 1.26. The third kappa shape index (κ3) is 2.19. The summed E-state index contributed by atoms with van der Waals surface area (Å²) in [7, 11) is 1.60. The molecule has 0 amide bonds. The zero-order chi connectivity index (χ0) is 11.4. The molecular weight excluding hydrogens is 208 g/mol. The third-order valence-corrected chi connectivity index (χ3v) is 2.08. The summed E-state index contributed by atoms with van der Waals surface area (Å²) in [5.74, 6) is 1.30. The van der Waals surface area contributed by atoms with Crippen molar-refractivity contribution in [1.29, 1.82) is 0 Å². The van der Waals surface area contributed by atoms with Gasteiger partial charge < -0.3 is 15.8 Å². The van der Waals surface area contributed by atoms with Gasteiger partial charge in [-0.1, -0.05) is 5.21 Å². The van der Waals surface area contributed by atoms with E-state index in [1.807, 2.05) is 12.1 Å². The summed E-state index contributed by atoms with van der Waals surface area (Å²) in [6, 6.07) is 5.42. The number of nitrogens with two attached hydrogens (primary N) is 1. The van der Waals surface area contributed by atoms with Crippen LogP contribution >= 0.6 is 0 Å². The van der Waals surface area contributed by atoms with E-state index in [-0.39, 0.29) is 0 Å². The number of hydrogen-bond acceptors (Lipinski definition) is 6. The molecule has 7 nitrogen and oxygen atoms in total. The van der Waals surface area contributed by atoms with Crippen molar-refractivity contribution in [3.63, 3.8) is 0 Å². The average Bonchev–Trinajstić information content (AvgIpc) is 2.80. The lowest BCUT2D eigenvalue weighted by Gasteiger charge is -2.08. The van der Waals surface area contributed by atoms with Crippen LogP contribution in [0.3, 0.4) is 0 Å². The maximum atomic E-state index is 5.83. The van der Waals surface area contributed by atoms with Crippen molar-refractivity contribution in [2.45, 2.75) is 6.54 Å². The van der Waals surface area contributed by atoms with Gasteiger partial charge in [-0.05, 0) is 12.1 Å². The van der Waals surface area contributed by atoms with E-state index in [0.29, 0.717) is 18.1 Å². The van der Waals surface area contributed by atoms with Crippen molar-refractivity contribution in [1.82, 2.24) is 20.6 Å². The number of hydrogen-bond donors (Lipinski definition) is 3. The molecule has 0 aliphatic rings. The lowest BCUT2D eigenvalue weighted by molar-refractivity contribution is 0.415. The fourth-order valence-corrected chi connectivity index (χ4v) is 1.26. The first-order valence-electron chi connectivity index (χ1n) is 4.69. The molecule has 4 N–H and O–H groups in total. The molecule has 0 radical (unpaired) electrons. The fraction of sp³-hybridized carbons (Fsp3) is 0.222. The maximum Gasteiger partial charge on any atom is 0.193 e. The summed E-state index contributed by atoms with van der Waals surface area (Å²) in [6.07, 6.45) is 0. The predicted molar refractivity (Wildman–Crippen MR) is 58.9 cm³/mol. The number of nitrogens with zero attached hydrogens (tertiary/aromatic N) is 3. The number of aromatic nitrogens is 4. The van der Waals surface area contributed by atoms with Crippen LogP contribution in [0.2, 0.25) is 0 Å². The molecule has 0 saturated carbocycles. The molecular formula is C9H12N6O. The number of H-pyrrole nitrogens is 1. The highest BCUT2D eigenvalue weighted by Gasteiger charge is 2.02. The van der Waals surface area contributed by atoms with Crippen molar-refractivity contribution in [3.05, 3.63) is 24.0 Å². The van der Waals surface area contributed by atoms with Crippen LogP contribution in [0.15, 0.2) is 18.2 Å². The minimum Gasteiger partial charge on any atom is -0.497 e. The first kappa shape index (κ1) is 10.2. The van der Waals surface area contributed by atoms with Gasteiger partial charge in [-0.15, -0.1) is 10.2 Å². The van der Waals surface area contributed by atoms with Gasteiger partial charge in [-0.3, -0.25) is 0 Å². The second-order valence-electron chi connectivity index (χ2n) is 3.13. The molecule has 0 fully saturated rings. The van der Waals surface area contributed by atoms with Gasteiger partial charge in [0.1, 0.15) is 5.75 Å². The summed E-state index contributed by atoms with van der Waals surface area (Å²) < 4.78 is 5.05. The summed E-state index contributed by atoms with van der Waals surface area (Å²) in [5.41, 5.74) is 7.25. The Morgan fingerprint density at radius 3 is 3.00 bits per heavy atom. The molecule has 1 aromatic heterocycles. The molecule has 0 unspecified atom stereocenters. The Morgan fingerprint density at radius 1 is 1.50 bits per heavy atom. The van der Waals surface area contributed by atoms with Gasteiger partial charge in [0.2, 0.25) is 0 Å². The van der Waals surface area contributed by atoms with Gasteiger partial charge in [0.25, 0.3) is 0 Å². The summed E-state index contributed by atoms with van der Waals surface area (Å²) in [4.78, 5) is 0. The Labute approximate surface area is 92.0 Å². The monoisotopic (exact) mass is 220 g/mol. The summed E-state index contributed by atoms with van der Waals surface area (Å²) in [6.45, 7) is 0.465. The number of nitrogen functional groups attached to an aromatic ring is 1. The molecule has 1 aromatic carbocycles. The van der Waals surface area contributed by atoms with Gasteiger partial charge in [0.05, 0.1) is 25.0 Å². The van der Waals surface area contributed by atoms with E-state index in [2.05, 4.69) is 25.9 Å². The van der Waals surface area contributed by atoms with E-state index in [1.165, 1.54) is 0 Å². The van der Waals surface area contributed by atoms with Crippen LogP contribution in [0.25, 0.3) is 0 Å². The number of rotatable bonds is 4. The first-order chi connectivity index (χ1) is 7.79. The smallest absolute Gasteiger partial charge is 0.193 e. The Bertz CT molecular complexity index is 455. The molecule has 2 aromatic rings. The van der Waals surface area contributed by atoms with Crippen molar-refractivity contribution in [2.75, 3.05) is 18.2 Å². The molecule has 7 heteroatoms. The normalized spacial score (nSPS) is 10.1. The summed E-state index contributed by atoms with van der Waals surface area (Å²) >= 11 is 0. The Hall–Kier alpha value is -2.31. The number of nitrogens with one attached hydrogen (secondary N) is 2. The number of benzene rings is 1. The van der Waals surface area contributed by atoms with E-state index in [4.69, 9.17) is 10.5 Å². The van der Waals surface area contributed by atoms with Crippen LogP contribution in [0.5, 0.6) is 5.75 Å². The maximum absolute atomic E-state index is 5.83. The zero-order valence-electron chi connectivity index (χ0n) is 8.77. The van der Waals surface area contributed by atoms with Crippen molar-refractivity contribution in [3.8, 4) is 5.75 Å². The lowest BCUT2D eigenvalue weighted by atomic mass is 10.2. The van der Waals surface area contributed by atoms with Crippen LogP contribution in [-0.4, -0.2) is 27.7 Å². The van der Waals surface area contributed by atoms with Gasteiger partial charge in [0.15, 0.2) is 5.82 Å². The number of anilines is 2. The molecule has 84 valence electrons. The van der Waals surface area contributed by atoms with Crippen molar-refractivity contribution < 1.29 is 4.74 Å². The largest absolute Gasteiger partial charge is 0.497 e. The van der Waals surface area contributed by atoms with E-state index in [9.17, 15) is 0 Å². The van der Waals surface area contributed by atoms with Crippen LogP contribution in [-0.2, 0) is 6.54 Å². The van der Waals surface area contributed by atoms with E-state index in [0.717, 1.165) is 11.4 Å². The highest BCUT2D eigenvalue weighted by atomic mass is 16.5. The molecule has 1 heterocycles. The molecule has 0 bridgehead atoms. The quantitative estimate of drug-likeness (QED) is 0.645. The van der Waals surface area contributed by atoms with Crippen molar-refractivity contribution in [2.24, 2.45) is 0 Å². The Morgan fingerprint density at radius 2 is 2.38 bits per heavy atom. The van der Waals surface area contributed by atoms with E-state index >= 15 is 0 Å². The average molecular weight is 220 g/mol. The van der Waals surface area contributed by atoms with Crippen LogP contribution in [0, 0.1) is 0 Å². The van der Waals surface area contributed by atoms with Gasteiger partial charge in [0, 0.05) is 6.07 Å². The van der Waals surface area contributed by atoms with Crippen LogP contribution in [0.4, 0.5) is 11.4 Å². The molecule has 0 aliphatic carbocycles. The zero-order valence-corrected chi connectivity index (χ0v) is 8.77. The van der Waals surface area contributed by atoms with Crippen LogP contribution in [0.1, 0.15) is 5.82 Å². The highest BCUT2D eigenvalue weighted by Crippen LogP contribution is 2.24. The van der Waals surface area contributed by atoms with Crippen LogP contribution < -0.4 is 15.8 Å². The predicted octanol–water partition coefficient (Wildman–Crippen LogP) is 0.403. The highest BCUT2D eigenvalue weighted by molar-refractivity contribution is 5.68. The minimum atomic E-state index is 0.465. The molecule has 16 heavy (non-hydrogen) atoms. The molecule has 0 spiro atoms. The van der Waals surface area contributed by atoms with Crippen molar-refractivity contribution >= 4 is 11.4 Å². The lowest BCUT2D eigenvalue weighted by Crippen LogP contribution is -2.04. The first-order valence-corrected chi connectivity index (χ1v) is 4.69. The standard InChI is InChI=1S/C9H12N6O/c1-16-6-2-3-8(7(10)4-6)11-5-9-12-14-15-13-9/h2-4,11H,5,10H2,1H3,(H,12,13,14,15). The van der Waals surface area contributed by atoms with Gasteiger partial charge >= 0.3 is 0 Å². The Balaban J connectivity index is 2.04. The second kappa shape index (κ2) is 4.47. The number of aromatic amines is 1. The molecule has 0 saturated heterocycles. The number of methoxy groups -OCH3 is 1. The number of tetrazole rings is 1. The SMILES string of the molecule is COc1ccc(NCc2nn[nH]n2)c(N)c1. The van der Waals surface area contributed by atoms with E-state index in [1.54, 1.807) is 13.2 Å². The third-order valence-electron chi connectivity index (χ3n) is 2.08. The minimum absolute atomic E-state index is 0.465. The summed E-state index contributed by atoms with van der Waals surface area (Å²) in [5, 5.41) is 16.6. The molecule has 2 rings (SSSR count). The van der Waals surface area contributed by atoms with E-state index < -0.39 is 0 Å². The second-order valence-corrected chi connectivity index (χ2v) is 3.13. The van der Waals surface area contributed by atoms with Gasteiger partial charge in [-0.25, -0.2) is 0 Å². The molecule has 0 aliphatic heterocycles.